The Morgan fingerprint density at radius 1 is 1.26 bits per heavy atom. The second kappa shape index (κ2) is 5.90. The molecule has 1 N–H and O–H groups in total. The van der Waals surface area contributed by atoms with E-state index in [1.54, 1.807) is 7.11 Å². The Kier molecular flexibility index (Phi) is 4.45. The molecule has 4 heteroatoms. The summed E-state index contributed by atoms with van der Waals surface area (Å²) in [7, 11) is 1.63. The maximum absolute atomic E-state index is 10.8. The Bertz CT molecular complexity index is 414. The molecule has 1 aliphatic rings. The first-order chi connectivity index (χ1) is 9.07. The molecule has 1 aromatic rings. The second-order valence-corrected chi connectivity index (χ2v) is 5.40. The maximum atomic E-state index is 10.8. The number of ether oxygens (including phenoxy) is 2. The van der Waals surface area contributed by atoms with Crippen LogP contribution in [0.4, 0.5) is 0 Å². The summed E-state index contributed by atoms with van der Waals surface area (Å²) in [4.78, 5) is 2.27. The normalized spacial score (nSPS) is 19.2. The topological polar surface area (TPSA) is 41.9 Å². The van der Waals surface area contributed by atoms with Crippen LogP contribution in [0, 0.1) is 0 Å². The van der Waals surface area contributed by atoms with Crippen molar-refractivity contribution in [3.8, 4) is 5.75 Å². The van der Waals surface area contributed by atoms with Gasteiger partial charge < -0.3 is 14.6 Å². The molecule has 0 bridgehead atoms. The van der Waals surface area contributed by atoms with Crippen molar-refractivity contribution in [1.82, 2.24) is 4.90 Å². The minimum Gasteiger partial charge on any atom is -0.496 e. The highest BCUT2D eigenvalue weighted by molar-refractivity contribution is 5.36. The van der Waals surface area contributed by atoms with Gasteiger partial charge in [-0.15, -0.1) is 0 Å². The van der Waals surface area contributed by atoms with Gasteiger partial charge >= 0.3 is 0 Å². The molecule has 19 heavy (non-hydrogen) atoms. The van der Waals surface area contributed by atoms with Crippen molar-refractivity contribution in [1.29, 1.82) is 0 Å². The van der Waals surface area contributed by atoms with Gasteiger partial charge in [0, 0.05) is 24.2 Å². The number of aliphatic hydroxyl groups excluding tert-OH is 1. The Labute approximate surface area is 114 Å². The molecular weight excluding hydrogens is 242 g/mol. The second-order valence-electron chi connectivity index (χ2n) is 5.40. The van der Waals surface area contributed by atoms with E-state index in [0.717, 1.165) is 37.6 Å². The van der Waals surface area contributed by atoms with E-state index in [4.69, 9.17) is 9.47 Å². The summed E-state index contributed by atoms with van der Waals surface area (Å²) in [6.07, 6.45) is -0.596. The van der Waals surface area contributed by atoms with Gasteiger partial charge in [-0.3, -0.25) is 4.90 Å². The Balaban J connectivity index is 2.23. The fourth-order valence-corrected chi connectivity index (χ4v) is 2.59. The van der Waals surface area contributed by atoms with Crippen molar-refractivity contribution in [3.63, 3.8) is 0 Å². The van der Waals surface area contributed by atoms with E-state index in [9.17, 15) is 5.11 Å². The van der Waals surface area contributed by atoms with Crippen molar-refractivity contribution in [2.45, 2.75) is 25.5 Å². The van der Waals surface area contributed by atoms with Gasteiger partial charge in [0.1, 0.15) is 11.9 Å². The Morgan fingerprint density at radius 2 is 1.89 bits per heavy atom. The molecule has 0 aromatic heterocycles. The van der Waals surface area contributed by atoms with Crippen molar-refractivity contribution in [3.05, 3.63) is 29.8 Å². The molecule has 106 valence electrons. The van der Waals surface area contributed by atoms with Crippen molar-refractivity contribution in [2.24, 2.45) is 0 Å². The summed E-state index contributed by atoms with van der Waals surface area (Å²) in [6, 6.07) is 7.65. The highest BCUT2D eigenvalue weighted by Crippen LogP contribution is 2.35. The Hall–Kier alpha value is -1.10. The van der Waals surface area contributed by atoms with Crippen molar-refractivity contribution < 1.29 is 14.6 Å². The van der Waals surface area contributed by atoms with E-state index in [2.05, 4.69) is 18.7 Å². The lowest BCUT2D eigenvalue weighted by atomic mass is 9.88. The lowest BCUT2D eigenvalue weighted by Gasteiger charge is -2.44. The first kappa shape index (κ1) is 14.3. The summed E-state index contributed by atoms with van der Waals surface area (Å²) >= 11 is 0. The third-order valence-corrected chi connectivity index (χ3v) is 3.93. The highest BCUT2D eigenvalue weighted by atomic mass is 16.5. The van der Waals surface area contributed by atoms with Gasteiger partial charge in [0.05, 0.1) is 20.3 Å². The predicted octanol–water partition coefficient (Wildman–Crippen LogP) is 1.84. The van der Waals surface area contributed by atoms with Gasteiger partial charge in [-0.1, -0.05) is 18.2 Å². The molecule has 1 heterocycles. The molecule has 0 radical (unpaired) electrons. The van der Waals surface area contributed by atoms with Crippen LogP contribution in [-0.2, 0) is 4.74 Å². The van der Waals surface area contributed by atoms with Crippen LogP contribution in [-0.4, -0.2) is 49.0 Å². The molecule has 0 aliphatic carbocycles. The van der Waals surface area contributed by atoms with E-state index >= 15 is 0 Å². The smallest absolute Gasteiger partial charge is 0.124 e. The number of methoxy groups -OCH3 is 1. The molecule has 2 rings (SSSR count). The maximum Gasteiger partial charge on any atom is 0.124 e. The van der Waals surface area contributed by atoms with E-state index in [0.29, 0.717) is 0 Å². The molecule has 1 saturated heterocycles. The number of aliphatic hydroxyl groups is 1. The Morgan fingerprint density at radius 3 is 2.53 bits per heavy atom. The summed E-state index contributed by atoms with van der Waals surface area (Å²) in [5.41, 5.74) is 0.486. The molecule has 1 atom stereocenters. The first-order valence-electron chi connectivity index (χ1n) is 6.71. The molecule has 1 unspecified atom stereocenters. The van der Waals surface area contributed by atoms with Crippen LogP contribution in [0.2, 0.25) is 0 Å². The number of nitrogens with zero attached hydrogens (tertiary/aromatic N) is 1. The van der Waals surface area contributed by atoms with Crippen LogP contribution in [0.1, 0.15) is 25.5 Å². The third-order valence-electron chi connectivity index (χ3n) is 3.93. The van der Waals surface area contributed by atoms with Crippen LogP contribution >= 0.6 is 0 Å². The average molecular weight is 265 g/mol. The fourth-order valence-electron chi connectivity index (χ4n) is 2.59. The van der Waals surface area contributed by atoms with Crippen LogP contribution in [0.25, 0.3) is 0 Å². The molecule has 1 fully saturated rings. The number of rotatable bonds is 4. The minimum atomic E-state index is -0.596. The number of benzene rings is 1. The largest absolute Gasteiger partial charge is 0.496 e. The van der Waals surface area contributed by atoms with Crippen LogP contribution in [0.5, 0.6) is 5.75 Å². The van der Waals surface area contributed by atoms with E-state index < -0.39 is 6.10 Å². The molecule has 0 spiro atoms. The quantitative estimate of drug-likeness (QED) is 0.902. The van der Waals surface area contributed by atoms with Crippen LogP contribution in [0.3, 0.4) is 0 Å². The molecule has 0 saturated carbocycles. The molecule has 0 amide bonds. The van der Waals surface area contributed by atoms with Gasteiger partial charge in [0.2, 0.25) is 0 Å². The average Bonchev–Trinajstić information content (AvgIpc) is 2.47. The lowest BCUT2D eigenvalue weighted by molar-refractivity contribution is -0.0635. The van der Waals surface area contributed by atoms with Gasteiger partial charge in [-0.25, -0.2) is 0 Å². The van der Waals surface area contributed by atoms with Gasteiger partial charge in [0.15, 0.2) is 0 Å². The summed E-state index contributed by atoms with van der Waals surface area (Å²) in [5, 5.41) is 10.8. The summed E-state index contributed by atoms with van der Waals surface area (Å²) < 4.78 is 10.7. The molecular formula is C15H23NO3. The zero-order valence-corrected chi connectivity index (χ0v) is 11.9. The SMILES string of the molecule is COc1ccccc1C(O)C(C)(C)N1CCOCC1. The standard InChI is InChI=1S/C15H23NO3/c1-15(2,16-8-10-19-11-9-16)14(17)12-6-4-5-7-13(12)18-3/h4-7,14,17H,8-11H2,1-3H3. The first-order valence-corrected chi connectivity index (χ1v) is 6.71. The molecule has 1 aliphatic heterocycles. The third kappa shape index (κ3) is 2.91. The monoisotopic (exact) mass is 265 g/mol. The van der Waals surface area contributed by atoms with Crippen molar-refractivity contribution in [2.75, 3.05) is 33.4 Å². The van der Waals surface area contributed by atoms with Crippen molar-refractivity contribution >= 4 is 0 Å². The van der Waals surface area contributed by atoms with Gasteiger partial charge in [-0.05, 0) is 19.9 Å². The number of hydrogen-bond donors (Lipinski definition) is 1. The molecule has 4 nitrogen and oxygen atoms in total. The highest BCUT2D eigenvalue weighted by Gasteiger charge is 2.37. The number of hydrogen-bond acceptors (Lipinski definition) is 4. The van der Waals surface area contributed by atoms with Gasteiger partial charge in [-0.2, -0.15) is 0 Å². The zero-order valence-electron chi connectivity index (χ0n) is 11.9. The van der Waals surface area contributed by atoms with Gasteiger partial charge in [0.25, 0.3) is 0 Å². The van der Waals surface area contributed by atoms with Crippen LogP contribution in [0.15, 0.2) is 24.3 Å². The zero-order chi connectivity index (χ0) is 13.9. The summed E-state index contributed by atoms with van der Waals surface area (Å²) in [5.74, 6) is 0.733. The number of para-hydroxylation sites is 1. The number of morpholine rings is 1. The van der Waals surface area contributed by atoms with E-state index in [1.807, 2.05) is 24.3 Å². The van der Waals surface area contributed by atoms with E-state index in [1.165, 1.54) is 0 Å². The lowest BCUT2D eigenvalue weighted by Crippen LogP contribution is -2.53. The molecule has 1 aromatic carbocycles. The summed E-state index contributed by atoms with van der Waals surface area (Å²) in [6.45, 7) is 7.27. The minimum absolute atomic E-state index is 0.349. The fraction of sp³-hybridized carbons (Fsp3) is 0.600. The van der Waals surface area contributed by atoms with Crippen LogP contribution < -0.4 is 4.74 Å². The van der Waals surface area contributed by atoms with E-state index in [-0.39, 0.29) is 5.54 Å². The predicted molar refractivity (Wildman–Crippen MR) is 74.4 cm³/mol.